The fourth-order valence-corrected chi connectivity index (χ4v) is 4.50. The van der Waals surface area contributed by atoms with E-state index in [1.807, 2.05) is 67.2 Å². The number of rotatable bonds is 9. The molecule has 4 rings (SSSR count). The number of H-pyrrole nitrogens is 1. The Balaban J connectivity index is 1.83. The zero-order valence-corrected chi connectivity index (χ0v) is 20.8. The van der Waals surface area contributed by atoms with Gasteiger partial charge in [0.25, 0.3) is 5.56 Å². The van der Waals surface area contributed by atoms with Crippen LogP contribution in [0.5, 0.6) is 5.75 Å². The maximum atomic E-state index is 13.9. The van der Waals surface area contributed by atoms with Crippen LogP contribution in [0.2, 0.25) is 0 Å². The van der Waals surface area contributed by atoms with Gasteiger partial charge < -0.3 is 15.0 Å². The summed E-state index contributed by atoms with van der Waals surface area (Å²) in [6, 6.07) is 15.1. The highest BCUT2D eigenvalue weighted by Crippen LogP contribution is 2.27. The van der Waals surface area contributed by atoms with E-state index >= 15 is 0 Å². The summed E-state index contributed by atoms with van der Waals surface area (Å²) in [7, 11) is 3.47. The molecule has 0 aliphatic rings. The lowest BCUT2D eigenvalue weighted by atomic mass is 10.1. The second-order valence-electron chi connectivity index (χ2n) is 8.75. The van der Waals surface area contributed by atoms with E-state index in [1.54, 1.807) is 13.2 Å². The van der Waals surface area contributed by atoms with Crippen molar-refractivity contribution in [3.63, 3.8) is 0 Å². The average molecular weight is 490 g/mol. The molecule has 2 aromatic carbocycles. The molecule has 0 saturated carbocycles. The fraction of sp³-hybridized carbons (Fsp3) is 0.296. The molecular formula is C27H31N5O4. The van der Waals surface area contributed by atoms with Crippen LogP contribution >= 0.6 is 0 Å². The van der Waals surface area contributed by atoms with Crippen LogP contribution < -0.4 is 26.6 Å². The number of hydrogen-bond donors (Lipinski definition) is 2. The summed E-state index contributed by atoms with van der Waals surface area (Å²) in [5.41, 5.74) is 7.60. The molecule has 0 spiro atoms. The number of anilines is 2. The third-order valence-electron chi connectivity index (χ3n) is 6.36. The minimum absolute atomic E-state index is 0.0293. The molecule has 0 bridgehead atoms. The molecule has 1 amide bonds. The van der Waals surface area contributed by atoms with Crippen molar-refractivity contribution in [3.05, 3.63) is 86.7 Å². The van der Waals surface area contributed by atoms with Crippen LogP contribution in [0.15, 0.2) is 64.3 Å². The van der Waals surface area contributed by atoms with Gasteiger partial charge in [-0.1, -0.05) is 49.7 Å². The molecule has 36 heavy (non-hydrogen) atoms. The number of para-hydroxylation sites is 2. The number of aromatic nitrogens is 3. The summed E-state index contributed by atoms with van der Waals surface area (Å²) < 4.78 is 8.77. The number of aromatic amines is 1. The number of hydrogen-bond acceptors (Lipinski definition) is 5. The quantitative estimate of drug-likeness (QED) is 0.375. The third kappa shape index (κ3) is 4.77. The van der Waals surface area contributed by atoms with Gasteiger partial charge in [-0.25, -0.2) is 4.79 Å². The summed E-state index contributed by atoms with van der Waals surface area (Å²) in [6.45, 7) is 2.38. The number of nitrogens with one attached hydrogen (secondary N) is 1. The van der Waals surface area contributed by atoms with Crippen molar-refractivity contribution >= 4 is 28.3 Å². The fourth-order valence-electron chi connectivity index (χ4n) is 4.50. The molecule has 188 valence electrons. The summed E-state index contributed by atoms with van der Waals surface area (Å²) in [6.07, 6.45) is 3.50. The van der Waals surface area contributed by atoms with Gasteiger partial charge in [-0.05, 0) is 24.1 Å². The van der Waals surface area contributed by atoms with Gasteiger partial charge in [0.15, 0.2) is 5.69 Å². The van der Waals surface area contributed by atoms with Crippen LogP contribution in [0.25, 0.3) is 10.9 Å². The Morgan fingerprint density at radius 1 is 1.08 bits per heavy atom. The highest BCUT2D eigenvalue weighted by molar-refractivity contribution is 5.99. The molecule has 0 unspecified atom stereocenters. The monoisotopic (exact) mass is 489 g/mol. The van der Waals surface area contributed by atoms with Crippen LogP contribution in [0.4, 0.5) is 11.5 Å². The molecule has 0 saturated heterocycles. The van der Waals surface area contributed by atoms with Crippen LogP contribution in [0.3, 0.4) is 0 Å². The molecule has 0 atom stereocenters. The minimum atomic E-state index is -0.702. The molecule has 9 heteroatoms. The van der Waals surface area contributed by atoms with E-state index < -0.39 is 11.2 Å². The van der Waals surface area contributed by atoms with Gasteiger partial charge in [0.2, 0.25) is 5.91 Å². The van der Waals surface area contributed by atoms with Crippen LogP contribution in [0, 0.1) is 0 Å². The van der Waals surface area contributed by atoms with Gasteiger partial charge >= 0.3 is 5.69 Å². The summed E-state index contributed by atoms with van der Waals surface area (Å²) in [4.78, 5) is 43.1. The van der Waals surface area contributed by atoms with Crippen molar-refractivity contribution in [1.29, 1.82) is 0 Å². The number of benzene rings is 2. The van der Waals surface area contributed by atoms with Gasteiger partial charge in [-0.2, -0.15) is 0 Å². The third-order valence-corrected chi connectivity index (χ3v) is 6.36. The predicted molar refractivity (Wildman–Crippen MR) is 141 cm³/mol. The van der Waals surface area contributed by atoms with Gasteiger partial charge in [0.05, 0.1) is 20.1 Å². The number of aryl methyl sites for hydroxylation is 1. The SMILES string of the molecule is CCCCn1c(N)c(N(Cc2ccccc2OC)C(=O)Cc2cn(C)c3ccccc23)c(=O)[nH]c1=O. The molecule has 0 radical (unpaired) electrons. The summed E-state index contributed by atoms with van der Waals surface area (Å²) >= 11 is 0. The Bertz CT molecular complexity index is 1510. The first-order valence-corrected chi connectivity index (χ1v) is 11.9. The van der Waals surface area contributed by atoms with Crippen LogP contribution in [-0.2, 0) is 31.4 Å². The Hall–Kier alpha value is -4.27. The second-order valence-corrected chi connectivity index (χ2v) is 8.75. The van der Waals surface area contributed by atoms with Crippen molar-refractivity contribution < 1.29 is 9.53 Å². The van der Waals surface area contributed by atoms with Crippen molar-refractivity contribution in [3.8, 4) is 5.75 Å². The lowest BCUT2D eigenvalue weighted by molar-refractivity contribution is -0.118. The first kappa shape index (κ1) is 24.8. The standard InChI is InChI=1S/C27H31N5O4/c1-4-5-14-31-25(28)24(26(34)29-27(31)35)32(17-18-10-6-9-13-22(18)36-3)23(33)15-19-16-30(2)21-12-8-7-11-20(19)21/h6-13,16H,4-5,14-15,17,28H2,1-3H3,(H,29,34,35). The smallest absolute Gasteiger partial charge is 0.330 e. The number of fused-ring (bicyclic) bond motifs is 1. The highest BCUT2D eigenvalue weighted by atomic mass is 16.5. The minimum Gasteiger partial charge on any atom is -0.496 e. The van der Waals surface area contributed by atoms with E-state index in [9.17, 15) is 14.4 Å². The number of unbranched alkanes of at least 4 members (excludes halogenated alkanes) is 1. The Morgan fingerprint density at radius 3 is 2.56 bits per heavy atom. The lowest BCUT2D eigenvalue weighted by Crippen LogP contribution is -2.41. The topological polar surface area (TPSA) is 115 Å². The summed E-state index contributed by atoms with van der Waals surface area (Å²) in [5, 5.41) is 0.959. The van der Waals surface area contributed by atoms with Gasteiger partial charge in [0.1, 0.15) is 11.6 Å². The number of carbonyl (C=O) groups is 1. The Labute approximate surface area is 208 Å². The zero-order valence-electron chi connectivity index (χ0n) is 20.8. The molecule has 0 aliphatic heterocycles. The normalized spacial score (nSPS) is 11.1. The molecule has 0 fully saturated rings. The predicted octanol–water partition coefficient (Wildman–Crippen LogP) is 3.20. The van der Waals surface area contributed by atoms with Crippen LogP contribution in [0.1, 0.15) is 30.9 Å². The number of nitrogens with two attached hydrogens (primary N) is 1. The molecule has 0 aliphatic carbocycles. The number of nitrogen functional groups attached to an aromatic ring is 1. The molecule has 9 nitrogen and oxygen atoms in total. The van der Waals surface area contributed by atoms with E-state index in [2.05, 4.69) is 4.98 Å². The number of nitrogens with zero attached hydrogens (tertiary/aromatic N) is 3. The molecular weight excluding hydrogens is 458 g/mol. The Morgan fingerprint density at radius 2 is 1.81 bits per heavy atom. The summed E-state index contributed by atoms with van der Waals surface area (Å²) in [5.74, 6) is 0.225. The number of carbonyl (C=O) groups excluding carboxylic acids is 1. The van der Waals surface area contributed by atoms with Crippen molar-refractivity contribution in [2.45, 2.75) is 39.3 Å². The molecule has 2 heterocycles. The number of methoxy groups -OCH3 is 1. The first-order valence-electron chi connectivity index (χ1n) is 11.9. The van der Waals surface area contributed by atoms with Crippen molar-refractivity contribution in [2.75, 3.05) is 17.7 Å². The maximum Gasteiger partial charge on any atom is 0.330 e. The first-order chi connectivity index (χ1) is 17.3. The Kier molecular flexibility index (Phi) is 7.28. The molecule has 4 aromatic rings. The van der Waals surface area contributed by atoms with E-state index in [1.165, 1.54) is 9.47 Å². The van der Waals surface area contributed by atoms with Crippen LogP contribution in [-0.4, -0.2) is 27.1 Å². The maximum absolute atomic E-state index is 13.9. The van der Waals surface area contributed by atoms with Gasteiger partial charge in [0, 0.05) is 36.3 Å². The van der Waals surface area contributed by atoms with Crippen molar-refractivity contribution in [2.24, 2.45) is 7.05 Å². The largest absolute Gasteiger partial charge is 0.496 e. The van der Waals surface area contributed by atoms with E-state index in [0.29, 0.717) is 24.3 Å². The zero-order chi connectivity index (χ0) is 25.8. The van der Waals surface area contributed by atoms with Crippen molar-refractivity contribution in [1.82, 2.24) is 14.1 Å². The number of amides is 1. The van der Waals surface area contributed by atoms with Gasteiger partial charge in [-0.3, -0.25) is 24.0 Å². The van der Waals surface area contributed by atoms with Gasteiger partial charge in [-0.15, -0.1) is 0 Å². The molecule has 3 N–H and O–H groups in total. The van der Waals surface area contributed by atoms with E-state index in [0.717, 1.165) is 22.9 Å². The van der Waals surface area contributed by atoms with E-state index in [4.69, 9.17) is 10.5 Å². The second kappa shape index (κ2) is 10.6. The molecule has 2 aromatic heterocycles. The average Bonchev–Trinajstić information content (AvgIpc) is 3.18. The van der Waals surface area contributed by atoms with E-state index in [-0.39, 0.29) is 30.4 Å². The highest BCUT2D eigenvalue weighted by Gasteiger charge is 2.26. The lowest BCUT2D eigenvalue weighted by Gasteiger charge is -2.25. The number of ether oxygens (including phenoxy) is 1.